The minimum Gasteiger partial charge on any atom is -0.508 e. The molecule has 72 heavy (non-hydrogen) atoms. The summed E-state index contributed by atoms with van der Waals surface area (Å²) in [6.07, 6.45) is 11.4. The number of likely N-dealkylation sites (tertiary alicyclic amines) is 2. The van der Waals surface area contributed by atoms with Crippen LogP contribution in [0, 0.1) is 5.92 Å². The highest BCUT2D eigenvalue weighted by Gasteiger charge is 2.41. The minimum absolute atomic E-state index is 0.0588. The molecule has 0 saturated carbocycles. The fourth-order valence-corrected chi connectivity index (χ4v) is 9.10. The van der Waals surface area contributed by atoms with E-state index in [1.165, 1.54) is 24.3 Å². The van der Waals surface area contributed by atoms with E-state index in [0.29, 0.717) is 57.8 Å². The Morgan fingerprint density at radius 1 is 0.694 bits per heavy atom. The van der Waals surface area contributed by atoms with E-state index in [-0.39, 0.29) is 59.5 Å². The lowest BCUT2D eigenvalue weighted by atomic mass is 9.96. The summed E-state index contributed by atoms with van der Waals surface area (Å²) in [6, 6.07) is 21.7. The SMILES string of the molecule is CC(=O)C[C@@H](C=O)NC(=O)[C@@H]1CCCN1C(=O)c1ncc(CCCc2ccc(O)cc2)[nH]1.COc1ccc(CCCc2cnc(C(=O)N3C[C@H](Cc4ccccc4)C[C@H]3C(=O)N[C@H](C=O)CC(C)=O)[nH]2)cc1. The molecule has 18 heteroatoms. The molecule has 5 atom stereocenters. The summed E-state index contributed by atoms with van der Waals surface area (Å²) in [6.45, 7) is 3.53. The van der Waals surface area contributed by atoms with Crippen molar-refractivity contribution in [3.8, 4) is 11.5 Å². The Balaban J connectivity index is 0.000000241. The maximum absolute atomic E-state index is 13.6. The number of aldehydes is 2. The largest absolute Gasteiger partial charge is 0.508 e. The molecule has 0 spiro atoms. The topological polar surface area (TPSA) is 254 Å². The van der Waals surface area contributed by atoms with Crippen LogP contribution in [0.3, 0.4) is 0 Å². The Bertz CT molecular complexity index is 2630. The van der Waals surface area contributed by atoms with Crippen LogP contribution >= 0.6 is 0 Å². The number of phenolic OH excluding ortho intramolecular Hbond substituents is 1. The number of amides is 4. The number of ether oxygens (including phenoxy) is 1. The Hall–Kier alpha value is -7.76. The number of phenols is 1. The smallest absolute Gasteiger partial charge is 0.290 e. The minimum atomic E-state index is -0.920. The number of carbonyl (C=O) groups is 8. The lowest BCUT2D eigenvalue weighted by Crippen LogP contribution is -2.49. The summed E-state index contributed by atoms with van der Waals surface area (Å²) in [5.41, 5.74) is 5.11. The fraction of sp³-hybridized carbons (Fsp3) is 0.407. The van der Waals surface area contributed by atoms with Gasteiger partial charge in [0.1, 0.15) is 47.7 Å². The zero-order chi connectivity index (χ0) is 51.6. The average molecular weight is 985 g/mol. The van der Waals surface area contributed by atoms with Gasteiger partial charge in [-0.3, -0.25) is 28.8 Å². The number of methoxy groups -OCH3 is 1. The maximum atomic E-state index is 13.6. The van der Waals surface area contributed by atoms with Gasteiger partial charge in [-0.25, -0.2) is 9.97 Å². The predicted octanol–water partition coefficient (Wildman–Crippen LogP) is 4.89. The van der Waals surface area contributed by atoms with E-state index in [4.69, 9.17) is 4.74 Å². The van der Waals surface area contributed by atoms with E-state index >= 15 is 0 Å². The molecule has 380 valence electrons. The van der Waals surface area contributed by atoms with E-state index in [9.17, 15) is 43.5 Å². The summed E-state index contributed by atoms with van der Waals surface area (Å²) in [4.78, 5) is 116. The summed E-state index contributed by atoms with van der Waals surface area (Å²) >= 11 is 0. The quantitative estimate of drug-likeness (QED) is 0.0549. The van der Waals surface area contributed by atoms with Crippen molar-refractivity contribution in [3.63, 3.8) is 0 Å². The van der Waals surface area contributed by atoms with E-state index in [0.717, 1.165) is 60.4 Å². The Morgan fingerprint density at radius 3 is 1.72 bits per heavy atom. The molecule has 2 aliphatic heterocycles. The van der Waals surface area contributed by atoms with Gasteiger partial charge in [-0.15, -0.1) is 0 Å². The van der Waals surface area contributed by atoms with Crippen molar-refractivity contribution in [3.05, 3.63) is 131 Å². The number of H-pyrrole nitrogens is 2. The van der Waals surface area contributed by atoms with Crippen LogP contribution in [0.5, 0.6) is 11.5 Å². The molecule has 2 aliphatic rings. The maximum Gasteiger partial charge on any atom is 0.290 e. The van der Waals surface area contributed by atoms with Gasteiger partial charge in [-0.1, -0.05) is 54.6 Å². The molecule has 2 fully saturated rings. The standard InChI is InChI=1S/C31H36N4O5.C23H28N4O5/c1-21(37)15-26(20-36)34-30(38)28-17-24(16-23-7-4-3-5-8-23)19-35(28)31(39)29-32-18-25(33-29)10-6-9-22-11-13-27(40-2)14-12-22;1-15(29)12-18(14-28)26-22(31)20-6-3-11-27(20)23(32)21-24-13-17(25-21)5-2-4-16-7-9-19(30)10-8-16/h3-5,7-8,11-14,18,20,24,26,28H,6,9-10,15-17,19H2,1-2H3,(H,32,33)(H,34,38);7-10,13-14,18,20,30H,2-6,11-12H2,1H3,(H,24,25)(H,26,31)/t24-,26+,28+;18-,20-/m10/s1. The van der Waals surface area contributed by atoms with Gasteiger partial charge in [-0.05, 0) is 125 Å². The van der Waals surface area contributed by atoms with Crippen LogP contribution in [0.25, 0.3) is 0 Å². The molecule has 2 saturated heterocycles. The van der Waals surface area contributed by atoms with Crippen molar-refractivity contribution in [1.29, 1.82) is 0 Å². The number of Topliss-reactive ketones (excluding diaryl/α,β-unsaturated/α-hetero) is 2. The number of nitrogens with one attached hydrogen (secondary N) is 4. The number of rotatable bonds is 23. The zero-order valence-electron chi connectivity index (χ0n) is 41.0. The molecule has 4 heterocycles. The lowest BCUT2D eigenvalue weighted by Gasteiger charge is -2.24. The number of carbonyl (C=O) groups excluding carboxylic acids is 8. The third kappa shape index (κ3) is 15.6. The molecule has 0 bridgehead atoms. The first kappa shape index (κ1) is 53.6. The van der Waals surface area contributed by atoms with Crippen molar-refractivity contribution in [1.82, 2.24) is 40.4 Å². The van der Waals surface area contributed by atoms with Crippen LogP contribution in [0.1, 0.15) is 108 Å². The average Bonchev–Trinajstić information content (AvgIpc) is 4.23. The second kappa shape index (κ2) is 26.4. The number of benzene rings is 3. The molecule has 4 amide bonds. The van der Waals surface area contributed by atoms with Crippen LogP contribution in [0.4, 0.5) is 0 Å². The summed E-state index contributed by atoms with van der Waals surface area (Å²) in [5.74, 6) is -0.502. The number of aromatic hydroxyl groups is 1. The highest BCUT2D eigenvalue weighted by Crippen LogP contribution is 2.29. The van der Waals surface area contributed by atoms with Crippen molar-refractivity contribution in [2.45, 2.75) is 115 Å². The second-order valence-electron chi connectivity index (χ2n) is 18.5. The molecule has 0 unspecified atom stereocenters. The number of hydrogen-bond donors (Lipinski definition) is 5. The van der Waals surface area contributed by atoms with Crippen molar-refractivity contribution < 1.29 is 48.2 Å². The first-order valence-corrected chi connectivity index (χ1v) is 24.4. The van der Waals surface area contributed by atoms with Gasteiger partial charge in [-0.2, -0.15) is 0 Å². The molecule has 5 N–H and O–H groups in total. The van der Waals surface area contributed by atoms with Gasteiger partial charge in [0.2, 0.25) is 11.8 Å². The van der Waals surface area contributed by atoms with Gasteiger partial charge in [0.05, 0.1) is 19.2 Å². The molecular formula is C54H64N8O10. The number of aromatic nitrogens is 4. The highest BCUT2D eigenvalue weighted by molar-refractivity contribution is 5.97. The number of aryl methyl sites for hydroxylation is 4. The van der Waals surface area contributed by atoms with Gasteiger partial charge < -0.3 is 49.8 Å². The lowest BCUT2D eigenvalue weighted by molar-refractivity contribution is -0.128. The summed E-state index contributed by atoms with van der Waals surface area (Å²) < 4.78 is 5.21. The zero-order valence-corrected chi connectivity index (χ0v) is 41.0. The first-order chi connectivity index (χ1) is 34.7. The second-order valence-corrected chi connectivity index (χ2v) is 18.5. The summed E-state index contributed by atoms with van der Waals surface area (Å²) in [5, 5.41) is 14.6. The highest BCUT2D eigenvalue weighted by atomic mass is 16.5. The monoisotopic (exact) mass is 984 g/mol. The third-order valence-corrected chi connectivity index (χ3v) is 12.7. The number of hydrogen-bond acceptors (Lipinski definition) is 12. The van der Waals surface area contributed by atoms with E-state index < -0.39 is 36.0 Å². The third-order valence-electron chi connectivity index (χ3n) is 12.7. The normalized spacial score (nSPS) is 17.0. The Labute approximate surface area is 418 Å². The van der Waals surface area contributed by atoms with Crippen LogP contribution in [0.15, 0.2) is 91.3 Å². The van der Waals surface area contributed by atoms with Crippen molar-refractivity contribution in [2.24, 2.45) is 5.92 Å². The van der Waals surface area contributed by atoms with E-state index in [1.807, 2.05) is 66.7 Å². The number of nitrogens with zero attached hydrogens (tertiary/aromatic N) is 4. The number of imidazole rings is 2. The number of aromatic amines is 2. The van der Waals surface area contributed by atoms with Crippen LogP contribution < -0.4 is 15.4 Å². The summed E-state index contributed by atoms with van der Waals surface area (Å²) in [7, 11) is 1.64. The van der Waals surface area contributed by atoms with Crippen molar-refractivity contribution in [2.75, 3.05) is 20.2 Å². The van der Waals surface area contributed by atoms with E-state index in [1.54, 1.807) is 36.5 Å². The molecular weight excluding hydrogens is 921 g/mol. The van der Waals surface area contributed by atoms with Gasteiger partial charge in [0.25, 0.3) is 11.8 Å². The molecule has 7 rings (SSSR count). The van der Waals surface area contributed by atoms with Gasteiger partial charge >= 0.3 is 0 Å². The number of ketones is 2. The first-order valence-electron chi connectivity index (χ1n) is 24.4. The van der Waals surface area contributed by atoms with E-state index in [2.05, 4.69) is 30.6 Å². The molecule has 2 aromatic heterocycles. The predicted molar refractivity (Wildman–Crippen MR) is 266 cm³/mol. The Kier molecular flexibility index (Phi) is 19.7. The molecule has 18 nitrogen and oxygen atoms in total. The molecule has 0 aliphatic carbocycles. The Morgan fingerprint density at radius 2 is 1.21 bits per heavy atom. The molecule has 3 aromatic carbocycles. The van der Waals surface area contributed by atoms with Crippen LogP contribution in [0.2, 0.25) is 0 Å². The fourth-order valence-electron chi connectivity index (χ4n) is 9.10. The van der Waals surface area contributed by atoms with Gasteiger partial charge in [0, 0.05) is 49.7 Å². The molecule has 0 radical (unpaired) electrons. The van der Waals surface area contributed by atoms with Gasteiger partial charge in [0.15, 0.2) is 11.6 Å². The van der Waals surface area contributed by atoms with Crippen LogP contribution in [-0.2, 0) is 60.9 Å². The van der Waals surface area contributed by atoms with Crippen molar-refractivity contribution >= 4 is 47.8 Å². The van der Waals surface area contributed by atoms with Crippen LogP contribution in [-0.4, -0.2) is 127 Å². The molecule has 5 aromatic rings.